The van der Waals surface area contributed by atoms with E-state index in [-0.39, 0.29) is 11.6 Å². The topological polar surface area (TPSA) is 199 Å². The summed E-state index contributed by atoms with van der Waals surface area (Å²) in [6.45, 7) is 0. The molecule has 122 valence electrons. The van der Waals surface area contributed by atoms with Gasteiger partial charge in [-0.2, -0.15) is 10.1 Å². The first-order chi connectivity index (χ1) is 10.7. The van der Waals surface area contributed by atoms with E-state index in [4.69, 9.17) is 20.4 Å². The fourth-order valence-electron chi connectivity index (χ4n) is 1.42. The number of aliphatic carboxylic acids is 3. The number of nitrogens with zero attached hydrogens (tertiary/aromatic N) is 4. The number of hydrogen-bond donors (Lipinski definition) is 4. The fourth-order valence-corrected chi connectivity index (χ4v) is 1.42. The zero-order valence-electron chi connectivity index (χ0n) is 11.3. The van der Waals surface area contributed by atoms with Crippen LogP contribution in [0.4, 0.5) is 0 Å². The third kappa shape index (κ3) is 4.89. The van der Waals surface area contributed by atoms with Gasteiger partial charge >= 0.3 is 23.8 Å². The van der Waals surface area contributed by atoms with Gasteiger partial charge in [-0.25, -0.2) is 9.79 Å². The van der Waals surface area contributed by atoms with Crippen LogP contribution >= 0.6 is 0 Å². The predicted octanol–water partition coefficient (Wildman–Crippen LogP) is -1.81. The van der Waals surface area contributed by atoms with E-state index in [9.17, 15) is 19.2 Å². The van der Waals surface area contributed by atoms with Crippen molar-refractivity contribution in [3.63, 3.8) is 0 Å². The van der Waals surface area contributed by atoms with Crippen LogP contribution in [0.5, 0.6) is 0 Å². The van der Waals surface area contributed by atoms with E-state index in [0.29, 0.717) is 5.71 Å². The smallest absolute Gasteiger partial charge is 0.336 e. The normalized spacial score (nSPS) is 15.1. The van der Waals surface area contributed by atoms with Crippen LogP contribution in [0.25, 0.3) is 0 Å². The quantitative estimate of drug-likeness (QED) is 0.452. The minimum atomic E-state index is -2.74. The molecule has 2 aliphatic rings. The van der Waals surface area contributed by atoms with E-state index in [1.807, 2.05) is 0 Å². The number of amides is 1. The number of carboxylic acid groups (broad SMARTS) is 3. The van der Waals surface area contributed by atoms with Crippen LogP contribution in [-0.4, -0.2) is 73.8 Å². The van der Waals surface area contributed by atoms with Gasteiger partial charge in [-0.3, -0.25) is 14.4 Å². The Bertz CT molecular complexity index is 654. The minimum Gasteiger partial charge on any atom is -0.481 e. The lowest BCUT2D eigenvalue weighted by Crippen LogP contribution is -2.42. The van der Waals surface area contributed by atoms with Crippen molar-refractivity contribution in [1.82, 2.24) is 0 Å². The molecule has 0 aromatic rings. The molecule has 2 rings (SSSR count). The summed E-state index contributed by atoms with van der Waals surface area (Å²) in [5.74, 6) is -5.39. The highest BCUT2D eigenvalue weighted by Gasteiger charge is 2.40. The lowest BCUT2D eigenvalue weighted by atomic mass is 9.96. The van der Waals surface area contributed by atoms with Crippen LogP contribution < -0.4 is 0 Å². The molecule has 0 saturated carbocycles. The van der Waals surface area contributed by atoms with Gasteiger partial charge in [0.15, 0.2) is 11.3 Å². The van der Waals surface area contributed by atoms with E-state index in [2.05, 4.69) is 20.2 Å². The molecule has 0 spiro atoms. The molecular formula is C11H10N4O8. The SMILES string of the molecule is O=C(O)CC(O)(CC(=O)O)C(=O)O.O=C1N=CN=C2C=NN=C12. The molecule has 4 N–H and O–H groups in total. The predicted molar refractivity (Wildman–Crippen MR) is 74.0 cm³/mol. The number of aliphatic hydroxyl groups is 1. The number of carbonyl (C=O) groups is 4. The Labute approximate surface area is 127 Å². The Balaban J connectivity index is 0.000000235. The van der Waals surface area contributed by atoms with Crippen LogP contribution in [0.3, 0.4) is 0 Å². The molecule has 0 saturated heterocycles. The first-order valence-electron chi connectivity index (χ1n) is 5.81. The summed E-state index contributed by atoms with van der Waals surface area (Å²) >= 11 is 0. The minimum absolute atomic E-state index is 0.238. The van der Waals surface area contributed by atoms with E-state index >= 15 is 0 Å². The molecule has 2 heterocycles. The highest BCUT2D eigenvalue weighted by molar-refractivity contribution is 6.80. The van der Waals surface area contributed by atoms with Crippen molar-refractivity contribution in [3.05, 3.63) is 0 Å². The Morgan fingerprint density at radius 2 is 1.65 bits per heavy atom. The van der Waals surface area contributed by atoms with Gasteiger partial charge in [0.1, 0.15) is 12.1 Å². The maximum Gasteiger partial charge on any atom is 0.336 e. The Morgan fingerprint density at radius 1 is 1.09 bits per heavy atom. The molecule has 23 heavy (non-hydrogen) atoms. The second-order valence-electron chi connectivity index (χ2n) is 4.24. The summed E-state index contributed by atoms with van der Waals surface area (Å²) in [6.07, 6.45) is 0.343. The van der Waals surface area contributed by atoms with Gasteiger partial charge in [-0.15, -0.1) is 5.10 Å². The Kier molecular flexibility index (Phi) is 5.51. The van der Waals surface area contributed by atoms with Crippen molar-refractivity contribution >= 4 is 47.8 Å². The molecule has 2 aliphatic heterocycles. The largest absolute Gasteiger partial charge is 0.481 e. The molecule has 0 fully saturated rings. The van der Waals surface area contributed by atoms with E-state index in [1.54, 1.807) is 0 Å². The van der Waals surface area contributed by atoms with Crippen molar-refractivity contribution in [2.45, 2.75) is 18.4 Å². The number of fused-ring (bicyclic) bond motifs is 1. The summed E-state index contributed by atoms with van der Waals surface area (Å²) in [4.78, 5) is 48.4. The number of carboxylic acids is 3. The van der Waals surface area contributed by atoms with Gasteiger partial charge in [0.05, 0.1) is 19.1 Å². The molecule has 0 unspecified atom stereocenters. The van der Waals surface area contributed by atoms with Gasteiger partial charge < -0.3 is 20.4 Å². The van der Waals surface area contributed by atoms with Crippen LogP contribution in [0.1, 0.15) is 12.8 Å². The molecule has 0 aromatic carbocycles. The third-order valence-electron chi connectivity index (χ3n) is 2.44. The molecule has 0 bridgehead atoms. The van der Waals surface area contributed by atoms with Crippen molar-refractivity contribution < 1.29 is 39.6 Å². The molecule has 0 aliphatic carbocycles. The monoisotopic (exact) mass is 326 g/mol. The van der Waals surface area contributed by atoms with E-state index in [0.717, 1.165) is 0 Å². The zero-order chi connectivity index (χ0) is 17.6. The first kappa shape index (κ1) is 17.8. The molecule has 12 nitrogen and oxygen atoms in total. The second kappa shape index (κ2) is 7.13. The number of hydrogen-bond acceptors (Lipinski definition) is 8. The summed E-state index contributed by atoms with van der Waals surface area (Å²) < 4.78 is 0. The second-order valence-corrected chi connectivity index (χ2v) is 4.24. The van der Waals surface area contributed by atoms with Crippen LogP contribution in [0, 0.1) is 0 Å². The molecule has 0 aromatic heterocycles. The standard InChI is InChI=1S/C6H8O7.C5H2N4O/c7-3(8)1-6(13,5(11)12)2-4(9)10;10-5-4-3(1-8-9-4)6-2-7-5/h13H,1-2H2,(H,7,8)(H,9,10)(H,11,12);1-2H. The molecule has 12 heteroatoms. The lowest BCUT2D eigenvalue weighted by molar-refractivity contribution is -0.170. The van der Waals surface area contributed by atoms with Gasteiger partial charge in [-0.1, -0.05) is 0 Å². The van der Waals surface area contributed by atoms with E-state index < -0.39 is 36.4 Å². The lowest BCUT2D eigenvalue weighted by Gasteiger charge is -2.18. The van der Waals surface area contributed by atoms with Gasteiger partial charge in [0.25, 0.3) is 0 Å². The van der Waals surface area contributed by atoms with Gasteiger partial charge in [0.2, 0.25) is 0 Å². The first-order valence-corrected chi connectivity index (χ1v) is 5.81. The number of aliphatic imine (C=N–C) groups is 2. The summed E-state index contributed by atoms with van der Waals surface area (Å²) in [5, 5.41) is 40.9. The van der Waals surface area contributed by atoms with Crippen LogP contribution in [-0.2, 0) is 19.2 Å². The Hall–Kier alpha value is -3.28. The fraction of sp³-hybridized carbons (Fsp3) is 0.273. The molecule has 0 atom stereocenters. The maximum atomic E-state index is 10.8. The summed E-state index contributed by atoms with van der Waals surface area (Å²) in [5.41, 5.74) is -2.00. The van der Waals surface area contributed by atoms with Gasteiger partial charge in [0, 0.05) is 0 Å². The molecular weight excluding hydrogens is 316 g/mol. The summed E-state index contributed by atoms with van der Waals surface area (Å²) in [7, 11) is 0. The van der Waals surface area contributed by atoms with E-state index in [1.165, 1.54) is 12.6 Å². The van der Waals surface area contributed by atoms with Crippen LogP contribution in [0.15, 0.2) is 20.2 Å². The van der Waals surface area contributed by atoms with Crippen LogP contribution in [0.2, 0.25) is 0 Å². The summed E-state index contributed by atoms with van der Waals surface area (Å²) in [6, 6.07) is 0. The van der Waals surface area contributed by atoms with Crippen molar-refractivity contribution in [2.24, 2.45) is 20.2 Å². The van der Waals surface area contributed by atoms with Crippen molar-refractivity contribution in [3.8, 4) is 0 Å². The third-order valence-corrected chi connectivity index (χ3v) is 2.44. The maximum absolute atomic E-state index is 10.8. The molecule has 1 amide bonds. The Morgan fingerprint density at radius 3 is 2.09 bits per heavy atom. The number of rotatable bonds is 5. The van der Waals surface area contributed by atoms with Crippen molar-refractivity contribution in [2.75, 3.05) is 0 Å². The van der Waals surface area contributed by atoms with Gasteiger partial charge in [-0.05, 0) is 0 Å². The average molecular weight is 326 g/mol. The number of carbonyl (C=O) groups excluding carboxylic acids is 1. The highest BCUT2D eigenvalue weighted by atomic mass is 16.4. The highest BCUT2D eigenvalue weighted by Crippen LogP contribution is 2.15. The van der Waals surface area contributed by atoms with Crippen molar-refractivity contribution in [1.29, 1.82) is 0 Å². The molecule has 0 radical (unpaired) electrons. The zero-order valence-corrected chi connectivity index (χ0v) is 11.3. The average Bonchev–Trinajstić information content (AvgIpc) is 2.87.